The summed E-state index contributed by atoms with van der Waals surface area (Å²) >= 11 is 10.1. The van der Waals surface area contributed by atoms with E-state index >= 15 is 0 Å². The van der Waals surface area contributed by atoms with Crippen molar-refractivity contribution < 1.29 is 14.0 Å². The Balaban J connectivity index is 1.75. The molecule has 0 radical (unpaired) electrons. The maximum atomic E-state index is 13.9. The lowest BCUT2D eigenvalue weighted by molar-refractivity contribution is -0.121. The number of hydrogen-bond donors (Lipinski definition) is 2. The molecular weight excluding hydrogens is 481 g/mol. The molecule has 2 aromatic carbocycles. The van der Waals surface area contributed by atoms with E-state index in [1.807, 2.05) is 0 Å². The van der Waals surface area contributed by atoms with E-state index in [1.165, 1.54) is 12.1 Å². The first-order chi connectivity index (χ1) is 13.9. The second-order valence-corrected chi connectivity index (χ2v) is 8.51. The summed E-state index contributed by atoms with van der Waals surface area (Å²) in [6.07, 6.45) is 0.130. The van der Waals surface area contributed by atoms with Crippen LogP contribution in [0.5, 0.6) is 0 Å². The number of benzene rings is 2. The molecule has 2 aromatic rings. The monoisotopic (exact) mass is 493 g/mol. The molecule has 2 N–H and O–H groups in total. The third kappa shape index (κ3) is 5.38. The van der Waals surface area contributed by atoms with Crippen LogP contribution in [0.15, 0.2) is 57.5 Å². The number of amides is 2. The highest BCUT2D eigenvalue weighted by atomic mass is 79.9. The van der Waals surface area contributed by atoms with Crippen molar-refractivity contribution >= 4 is 56.8 Å². The number of carbonyl (C=O) groups is 2. The van der Waals surface area contributed by atoms with E-state index in [4.69, 9.17) is 11.6 Å². The van der Waals surface area contributed by atoms with Gasteiger partial charge in [-0.2, -0.15) is 5.26 Å². The molecule has 1 aliphatic heterocycles. The lowest BCUT2D eigenvalue weighted by Gasteiger charge is -2.25. The van der Waals surface area contributed by atoms with Gasteiger partial charge in [0.1, 0.15) is 5.82 Å². The molecule has 3 rings (SSSR count). The number of nitriles is 1. The van der Waals surface area contributed by atoms with Crippen molar-refractivity contribution in [2.24, 2.45) is 0 Å². The summed E-state index contributed by atoms with van der Waals surface area (Å²) in [5, 5.41) is 15.7. The number of allylic oxidation sites excluding steroid dienone is 1. The van der Waals surface area contributed by atoms with Crippen molar-refractivity contribution in [1.29, 1.82) is 5.26 Å². The van der Waals surface area contributed by atoms with Crippen LogP contribution in [0.25, 0.3) is 0 Å². The van der Waals surface area contributed by atoms with Crippen LogP contribution in [0.2, 0.25) is 5.02 Å². The third-order valence-corrected chi connectivity index (χ3v) is 5.94. The van der Waals surface area contributed by atoms with Crippen molar-refractivity contribution in [3.05, 3.63) is 73.9 Å². The van der Waals surface area contributed by atoms with Gasteiger partial charge in [-0.25, -0.2) is 4.39 Å². The summed E-state index contributed by atoms with van der Waals surface area (Å²) in [6.45, 7) is 0. The highest BCUT2D eigenvalue weighted by molar-refractivity contribution is 9.10. The van der Waals surface area contributed by atoms with Crippen LogP contribution in [0.1, 0.15) is 17.9 Å². The first-order valence-corrected chi connectivity index (χ1v) is 10.6. The second kappa shape index (κ2) is 9.44. The van der Waals surface area contributed by atoms with Crippen LogP contribution < -0.4 is 10.6 Å². The first kappa shape index (κ1) is 21.4. The smallest absolute Gasteiger partial charge is 0.234 e. The van der Waals surface area contributed by atoms with Gasteiger partial charge in [-0.05, 0) is 35.9 Å². The van der Waals surface area contributed by atoms with Crippen LogP contribution in [-0.4, -0.2) is 17.6 Å². The molecule has 0 unspecified atom stereocenters. The van der Waals surface area contributed by atoms with Crippen molar-refractivity contribution in [2.75, 3.05) is 11.1 Å². The highest BCUT2D eigenvalue weighted by Gasteiger charge is 2.29. The van der Waals surface area contributed by atoms with Gasteiger partial charge in [0.2, 0.25) is 11.8 Å². The molecule has 0 fully saturated rings. The van der Waals surface area contributed by atoms with Crippen molar-refractivity contribution in [1.82, 2.24) is 5.32 Å². The van der Waals surface area contributed by atoms with Gasteiger partial charge in [-0.1, -0.05) is 51.4 Å². The van der Waals surface area contributed by atoms with Gasteiger partial charge in [-0.3, -0.25) is 9.59 Å². The number of halogens is 3. The van der Waals surface area contributed by atoms with Crippen molar-refractivity contribution in [2.45, 2.75) is 12.3 Å². The molecule has 0 saturated carbocycles. The Bertz CT molecular complexity index is 1040. The predicted molar refractivity (Wildman–Crippen MR) is 115 cm³/mol. The lowest BCUT2D eigenvalue weighted by Crippen LogP contribution is -2.31. The van der Waals surface area contributed by atoms with Crippen LogP contribution in [0.4, 0.5) is 10.1 Å². The summed E-state index contributed by atoms with van der Waals surface area (Å²) < 4.78 is 14.4. The first-order valence-electron chi connectivity index (χ1n) is 8.44. The molecule has 0 bridgehead atoms. The molecule has 0 spiro atoms. The molecule has 29 heavy (non-hydrogen) atoms. The van der Waals surface area contributed by atoms with Gasteiger partial charge in [-0.15, -0.1) is 0 Å². The fraction of sp³-hybridized carbons (Fsp3) is 0.150. The van der Waals surface area contributed by atoms with Gasteiger partial charge in [0.25, 0.3) is 0 Å². The Labute approximate surface area is 184 Å². The molecular formula is C20H14BrClFN3O2S. The average Bonchev–Trinajstić information content (AvgIpc) is 2.68. The fourth-order valence-electron chi connectivity index (χ4n) is 2.83. The normalized spacial score (nSPS) is 16.2. The van der Waals surface area contributed by atoms with Crippen molar-refractivity contribution in [3.8, 4) is 6.07 Å². The molecule has 5 nitrogen and oxygen atoms in total. The van der Waals surface area contributed by atoms with E-state index in [1.54, 1.807) is 30.3 Å². The van der Waals surface area contributed by atoms with Gasteiger partial charge in [0, 0.05) is 21.8 Å². The minimum atomic E-state index is -0.566. The van der Waals surface area contributed by atoms with Crippen LogP contribution in [0, 0.1) is 17.1 Å². The molecule has 0 saturated heterocycles. The number of rotatable bonds is 5. The largest absolute Gasteiger partial charge is 0.323 e. The molecule has 1 heterocycles. The zero-order valence-electron chi connectivity index (χ0n) is 14.8. The fourth-order valence-corrected chi connectivity index (χ4v) is 4.16. The second-order valence-electron chi connectivity index (χ2n) is 6.17. The quantitative estimate of drug-likeness (QED) is 0.616. The molecule has 1 atom stereocenters. The van der Waals surface area contributed by atoms with Crippen LogP contribution in [0.3, 0.4) is 0 Å². The number of anilines is 1. The summed E-state index contributed by atoms with van der Waals surface area (Å²) in [5.41, 5.74) is 1.22. The van der Waals surface area contributed by atoms with Gasteiger partial charge >= 0.3 is 0 Å². The number of carbonyl (C=O) groups excluding carboxylic acids is 2. The molecule has 2 amide bonds. The van der Waals surface area contributed by atoms with E-state index in [0.717, 1.165) is 17.3 Å². The van der Waals surface area contributed by atoms with E-state index in [0.29, 0.717) is 20.1 Å². The molecule has 0 aromatic heterocycles. The number of nitrogens with zero attached hydrogens (tertiary/aromatic N) is 1. The maximum Gasteiger partial charge on any atom is 0.234 e. The predicted octanol–water partition coefficient (Wildman–Crippen LogP) is 4.95. The van der Waals surface area contributed by atoms with E-state index in [2.05, 4.69) is 32.6 Å². The Hall–Kier alpha value is -2.34. The summed E-state index contributed by atoms with van der Waals surface area (Å²) in [6, 6.07) is 13.4. The zero-order valence-corrected chi connectivity index (χ0v) is 18.0. The summed E-state index contributed by atoms with van der Waals surface area (Å²) in [4.78, 5) is 24.4. The van der Waals surface area contributed by atoms with Crippen LogP contribution >= 0.6 is 39.3 Å². The molecule has 148 valence electrons. The third-order valence-electron chi connectivity index (χ3n) is 4.18. The minimum Gasteiger partial charge on any atom is -0.323 e. The highest BCUT2D eigenvalue weighted by Crippen LogP contribution is 2.36. The van der Waals surface area contributed by atoms with Gasteiger partial charge in [0.15, 0.2) is 0 Å². The Morgan fingerprint density at radius 2 is 2.07 bits per heavy atom. The number of nitrogens with one attached hydrogen (secondary N) is 2. The van der Waals surface area contributed by atoms with E-state index in [9.17, 15) is 19.2 Å². The maximum absolute atomic E-state index is 13.9. The lowest BCUT2D eigenvalue weighted by atomic mass is 9.87. The zero-order chi connectivity index (χ0) is 21.0. The average molecular weight is 495 g/mol. The Morgan fingerprint density at radius 1 is 1.34 bits per heavy atom. The topological polar surface area (TPSA) is 82.0 Å². The standard InChI is InChI=1S/C20H14BrClFN3O2S/c21-12-3-6-17(16(23)7-12)25-19(28)10-29-20-15(9-24)14(8-18(27)26-20)11-1-4-13(22)5-2-11/h1-7,14H,8,10H2,(H,25,28)(H,26,27)/t14-/m0/s1. The Kier molecular flexibility index (Phi) is 6.96. The minimum absolute atomic E-state index is 0.0556. The van der Waals surface area contributed by atoms with Crippen LogP contribution in [-0.2, 0) is 9.59 Å². The molecule has 1 aliphatic rings. The molecule has 0 aliphatic carbocycles. The van der Waals surface area contributed by atoms with Gasteiger partial charge < -0.3 is 10.6 Å². The molecule has 9 heteroatoms. The summed E-state index contributed by atoms with van der Waals surface area (Å²) in [7, 11) is 0. The Morgan fingerprint density at radius 3 is 2.72 bits per heavy atom. The number of thioether (sulfide) groups is 1. The van der Waals surface area contributed by atoms with Crippen molar-refractivity contribution in [3.63, 3.8) is 0 Å². The SMILES string of the molecule is N#CC1=C(SCC(=O)Nc2ccc(Br)cc2F)NC(=O)C[C@H]1c1ccc(Cl)cc1. The number of hydrogen-bond acceptors (Lipinski definition) is 4. The summed E-state index contributed by atoms with van der Waals surface area (Å²) in [5.74, 6) is -1.78. The van der Waals surface area contributed by atoms with Gasteiger partial charge in [0.05, 0.1) is 28.1 Å². The van der Waals surface area contributed by atoms with E-state index in [-0.39, 0.29) is 23.8 Å². The van der Waals surface area contributed by atoms with E-state index < -0.39 is 17.6 Å².